The molecule has 118 valence electrons. The van der Waals surface area contributed by atoms with E-state index < -0.39 is 11.6 Å². The van der Waals surface area contributed by atoms with E-state index >= 15 is 0 Å². The summed E-state index contributed by atoms with van der Waals surface area (Å²) in [5, 5.41) is 2.74. The van der Waals surface area contributed by atoms with Gasteiger partial charge in [0.1, 0.15) is 6.54 Å². The van der Waals surface area contributed by atoms with Crippen LogP contribution in [-0.2, 0) is 9.59 Å². The van der Waals surface area contributed by atoms with E-state index in [4.69, 9.17) is 0 Å². The third-order valence-corrected chi connectivity index (χ3v) is 4.06. The van der Waals surface area contributed by atoms with Crippen molar-refractivity contribution < 1.29 is 18.4 Å². The van der Waals surface area contributed by atoms with Gasteiger partial charge >= 0.3 is 0 Å². The molecule has 1 aromatic rings. The predicted octanol–water partition coefficient (Wildman–Crippen LogP) is 1.74. The number of amides is 2. The van der Waals surface area contributed by atoms with Crippen LogP contribution in [0.5, 0.6) is 0 Å². The molecule has 1 N–H and O–H groups in total. The molecule has 0 bridgehead atoms. The van der Waals surface area contributed by atoms with Crippen LogP contribution >= 0.6 is 0 Å². The Morgan fingerprint density at radius 1 is 1.14 bits per heavy atom. The third kappa shape index (κ3) is 2.75. The summed E-state index contributed by atoms with van der Waals surface area (Å²) < 4.78 is 26.8. The van der Waals surface area contributed by atoms with Crippen molar-refractivity contribution in [2.24, 2.45) is 0 Å². The van der Waals surface area contributed by atoms with Crippen LogP contribution < -0.4 is 10.2 Å². The topological polar surface area (TPSA) is 52.7 Å². The molecule has 3 rings (SSSR count). The van der Waals surface area contributed by atoms with Crippen molar-refractivity contribution in [3.05, 3.63) is 23.8 Å². The van der Waals surface area contributed by atoms with Crippen LogP contribution in [-0.4, -0.2) is 42.9 Å². The maximum absolute atomic E-state index is 13.5. The average molecular weight is 309 g/mol. The van der Waals surface area contributed by atoms with E-state index in [0.29, 0.717) is 18.8 Å². The molecule has 0 radical (unpaired) electrons. The lowest BCUT2D eigenvalue weighted by Gasteiger charge is -2.33. The number of carbonyl (C=O) groups is 2. The van der Waals surface area contributed by atoms with Crippen molar-refractivity contribution in [1.82, 2.24) is 4.90 Å². The van der Waals surface area contributed by atoms with Gasteiger partial charge in [-0.25, -0.2) is 8.78 Å². The number of hydrogen-bond donors (Lipinski definition) is 1. The van der Waals surface area contributed by atoms with Gasteiger partial charge in [-0.1, -0.05) is 0 Å². The Balaban J connectivity index is 1.82. The summed E-state index contributed by atoms with van der Waals surface area (Å²) in [5.74, 6) is -2.51. The van der Waals surface area contributed by atoms with E-state index in [-0.39, 0.29) is 30.6 Å². The summed E-state index contributed by atoms with van der Waals surface area (Å²) in [6.45, 7) is 1.19. The zero-order chi connectivity index (χ0) is 15.7. The molecular formula is C15H17F2N3O2. The van der Waals surface area contributed by atoms with E-state index in [9.17, 15) is 18.4 Å². The number of anilines is 2. The van der Waals surface area contributed by atoms with Gasteiger partial charge in [0, 0.05) is 25.2 Å². The minimum absolute atomic E-state index is 0.0364. The third-order valence-electron chi connectivity index (χ3n) is 4.06. The van der Waals surface area contributed by atoms with Crippen molar-refractivity contribution in [2.75, 3.05) is 36.4 Å². The van der Waals surface area contributed by atoms with Crippen LogP contribution in [0.4, 0.5) is 20.2 Å². The van der Waals surface area contributed by atoms with E-state index in [0.717, 1.165) is 31.4 Å². The fraction of sp³-hybridized carbons (Fsp3) is 0.467. The second-order valence-electron chi connectivity index (χ2n) is 5.56. The molecule has 5 nitrogen and oxygen atoms in total. The Morgan fingerprint density at radius 3 is 2.55 bits per heavy atom. The lowest BCUT2D eigenvalue weighted by molar-refractivity contribution is -0.132. The van der Waals surface area contributed by atoms with E-state index in [1.54, 1.807) is 4.90 Å². The summed E-state index contributed by atoms with van der Waals surface area (Å²) >= 11 is 0. The molecule has 0 spiro atoms. The molecule has 7 heteroatoms. The van der Waals surface area contributed by atoms with Gasteiger partial charge in [0.2, 0.25) is 11.8 Å². The number of fused-ring (bicyclic) bond motifs is 1. The first-order valence-electron chi connectivity index (χ1n) is 7.37. The second kappa shape index (κ2) is 5.90. The van der Waals surface area contributed by atoms with Gasteiger partial charge in [0.15, 0.2) is 11.6 Å². The molecule has 1 aromatic carbocycles. The number of nitrogens with zero attached hydrogens (tertiary/aromatic N) is 2. The monoisotopic (exact) mass is 309 g/mol. The molecule has 0 saturated carbocycles. The summed E-state index contributed by atoms with van der Waals surface area (Å²) in [6, 6.07) is 1.97. The van der Waals surface area contributed by atoms with E-state index in [1.807, 2.05) is 0 Å². The molecule has 2 aliphatic heterocycles. The van der Waals surface area contributed by atoms with Gasteiger partial charge in [-0.2, -0.15) is 0 Å². The molecule has 0 aromatic heterocycles. The van der Waals surface area contributed by atoms with Crippen molar-refractivity contribution in [3.63, 3.8) is 0 Å². The predicted molar refractivity (Wildman–Crippen MR) is 77.6 cm³/mol. The average Bonchev–Trinajstić information content (AvgIpc) is 2.53. The molecule has 1 saturated heterocycles. The Bertz CT molecular complexity index is 615. The molecule has 2 heterocycles. The summed E-state index contributed by atoms with van der Waals surface area (Å²) in [4.78, 5) is 27.3. The SMILES string of the molecule is O=C(CN1C(=O)CNc2cc(F)c(F)cc21)N1CCCCC1. The molecular weight excluding hydrogens is 292 g/mol. The van der Waals surface area contributed by atoms with E-state index in [1.165, 1.54) is 4.90 Å². The molecule has 0 aliphatic carbocycles. The normalized spacial score (nSPS) is 18.0. The highest BCUT2D eigenvalue weighted by atomic mass is 19.2. The van der Waals surface area contributed by atoms with Gasteiger partial charge in [-0.15, -0.1) is 0 Å². The van der Waals surface area contributed by atoms with Crippen molar-refractivity contribution in [1.29, 1.82) is 0 Å². The van der Waals surface area contributed by atoms with Gasteiger partial charge in [-0.05, 0) is 19.3 Å². The molecule has 2 amide bonds. The van der Waals surface area contributed by atoms with Crippen molar-refractivity contribution in [2.45, 2.75) is 19.3 Å². The number of hydrogen-bond acceptors (Lipinski definition) is 3. The largest absolute Gasteiger partial charge is 0.374 e. The van der Waals surface area contributed by atoms with Crippen molar-refractivity contribution >= 4 is 23.2 Å². The highest BCUT2D eigenvalue weighted by Crippen LogP contribution is 2.31. The summed E-state index contributed by atoms with van der Waals surface area (Å²) in [6.07, 6.45) is 3.01. The molecule has 2 aliphatic rings. The number of piperidine rings is 1. The van der Waals surface area contributed by atoms with Gasteiger partial charge in [0.05, 0.1) is 17.9 Å². The van der Waals surface area contributed by atoms with E-state index in [2.05, 4.69) is 5.32 Å². The molecule has 0 unspecified atom stereocenters. The van der Waals surface area contributed by atoms with Crippen LogP contribution in [0.3, 0.4) is 0 Å². The summed E-state index contributed by atoms with van der Waals surface area (Å²) in [5.41, 5.74) is 0.533. The fourth-order valence-electron chi connectivity index (χ4n) is 2.85. The molecule has 22 heavy (non-hydrogen) atoms. The van der Waals surface area contributed by atoms with Crippen LogP contribution in [0.25, 0.3) is 0 Å². The second-order valence-corrected chi connectivity index (χ2v) is 5.56. The Hall–Kier alpha value is -2.18. The van der Waals surface area contributed by atoms with Crippen LogP contribution in [0.15, 0.2) is 12.1 Å². The maximum atomic E-state index is 13.5. The number of likely N-dealkylation sites (tertiary alicyclic amines) is 1. The fourth-order valence-corrected chi connectivity index (χ4v) is 2.85. The lowest BCUT2D eigenvalue weighted by atomic mass is 10.1. The smallest absolute Gasteiger partial charge is 0.246 e. The van der Waals surface area contributed by atoms with Crippen molar-refractivity contribution in [3.8, 4) is 0 Å². The maximum Gasteiger partial charge on any atom is 0.246 e. The Morgan fingerprint density at radius 2 is 1.82 bits per heavy atom. The lowest BCUT2D eigenvalue weighted by Crippen LogP contribution is -2.48. The first-order valence-corrected chi connectivity index (χ1v) is 7.37. The number of halogens is 2. The molecule has 0 atom stereocenters. The Labute approximate surface area is 126 Å². The van der Waals surface area contributed by atoms with Gasteiger partial charge in [0.25, 0.3) is 0 Å². The minimum Gasteiger partial charge on any atom is -0.374 e. The quantitative estimate of drug-likeness (QED) is 0.905. The summed E-state index contributed by atoms with van der Waals surface area (Å²) in [7, 11) is 0. The van der Waals surface area contributed by atoms with Gasteiger partial charge < -0.3 is 10.2 Å². The highest BCUT2D eigenvalue weighted by molar-refractivity contribution is 6.05. The minimum atomic E-state index is -1.04. The standard InChI is InChI=1S/C15H17F2N3O2/c16-10-6-12-13(7-11(10)17)20(14(21)8-18-12)9-15(22)19-4-2-1-3-5-19/h6-7,18H,1-5,8-9H2. The van der Waals surface area contributed by atoms with Crippen LogP contribution in [0, 0.1) is 11.6 Å². The zero-order valence-electron chi connectivity index (χ0n) is 12.1. The highest BCUT2D eigenvalue weighted by Gasteiger charge is 2.29. The van der Waals surface area contributed by atoms with Crippen LogP contribution in [0.1, 0.15) is 19.3 Å². The first-order chi connectivity index (χ1) is 10.6. The Kier molecular flexibility index (Phi) is 3.96. The number of benzene rings is 1. The molecule has 1 fully saturated rings. The zero-order valence-corrected chi connectivity index (χ0v) is 12.1. The van der Waals surface area contributed by atoms with Gasteiger partial charge in [-0.3, -0.25) is 14.5 Å². The first kappa shape index (κ1) is 14.7. The number of nitrogens with one attached hydrogen (secondary N) is 1. The van der Waals surface area contributed by atoms with Crippen LogP contribution in [0.2, 0.25) is 0 Å². The number of carbonyl (C=O) groups excluding carboxylic acids is 2. The number of rotatable bonds is 2.